The zero-order valence-corrected chi connectivity index (χ0v) is 22.9. The second-order valence-electron chi connectivity index (χ2n) is 7.69. The summed E-state index contributed by atoms with van der Waals surface area (Å²) in [6, 6.07) is 16.7. The number of benzene rings is 3. The molecule has 0 heterocycles. The van der Waals surface area contributed by atoms with E-state index in [1.807, 2.05) is 30.3 Å². The van der Waals surface area contributed by atoms with Crippen molar-refractivity contribution in [3.05, 3.63) is 94.3 Å². The average Bonchev–Trinajstić information content (AvgIpc) is 2.83. The van der Waals surface area contributed by atoms with Crippen molar-refractivity contribution in [2.45, 2.75) is 8.86 Å². The number of anilines is 2. The number of carbonyl (C=O) groups excluding carboxylic acids is 2. The van der Waals surface area contributed by atoms with Crippen LogP contribution in [0.4, 0.5) is 15.8 Å². The van der Waals surface area contributed by atoms with Crippen molar-refractivity contribution in [1.82, 2.24) is 4.90 Å². The predicted octanol–water partition coefficient (Wildman–Crippen LogP) is 6.09. The van der Waals surface area contributed by atoms with Crippen LogP contribution < -0.4 is 10.6 Å². The van der Waals surface area contributed by atoms with Crippen molar-refractivity contribution in [2.24, 2.45) is 0 Å². The Kier molecular flexibility index (Phi) is 9.00. The Morgan fingerprint density at radius 2 is 1.47 bits per heavy atom. The second-order valence-corrected chi connectivity index (χ2v) is 9.22. The lowest BCUT2D eigenvalue weighted by molar-refractivity contribution is 0.102. The third-order valence-electron chi connectivity index (χ3n) is 5.03. The van der Waals surface area contributed by atoms with Crippen molar-refractivity contribution in [2.75, 3.05) is 24.7 Å². The van der Waals surface area contributed by atoms with E-state index >= 15 is 0 Å². The molecule has 0 aliphatic carbocycles. The molecular formula is C25H23FI2N4O2. The molecule has 2 amide bonds. The molecule has 0 radical (unpaired) electrons. The normalized spacial score (nSPS) is 10.5. The molecule has 3 aromatic carbocycles. The highest BCUT2D eigenvalue weighted by atomic mass is 127. The van der Waals surface area contributed by atoms with E-state index < -0.39 is 11.7 Å². The summed E-state index contributed by atoms with van der Waals surface area (Å²) in [5.74, 6) is -1.67. The first-order valence-corrected chi connectivity index (χ1v) is 13.3. The van der Waals surface area contributed by atoms with E-state index in [4.69, 9.17) is 5.41 Å². The van der Waals surface area contributed by atoms with Gasteiger partial charge in [-0.1, -0.05) is 69.4 Å². The number of halogens is 3. The molecule has 9 heteroatoms. The lowest BCUT2D eigenvalue weighted by Crippen LogP contribution is -2.23. The summed E-state index contributed by atoms with van der Waals surface area (Å²) in [6.07, 6.45) is 0. The summed E-state index contributed by atoms with van der Waals surface area (Å²) in [5.41, 5.74) is 3.46. The van der Waals surface area contributed by atoms with Crippen molar-refractivity contribution in [1.29, 1.82) is 5.41 Å². The second kappa shape index (κ2) is 11.7. The molecule has 0 atom stereocenters. The molecule has 6 nitrogen and oxygen atoms in total. The topological polar surface area (TPSA) is 85.3 Å². The van der Waals surface area contributed by atoms with Gasteiger partial charge >= 0.3 is 0 Å². The molecule has 0 fully saturated rings. The standard InChI is InChI=1S/C25H23FI2N4O2/c1-32(2)23(29)17-6-9-19(21(26)12-17)24(33)31-22-10-5-16(14-28)11-20(22)25(34)30-18-7-3-15(13-27)4-8-18/h3-12,29H,13-14H2,1-2H3,(H,30,34)(H,31,33). The molecule has 0 saturated carbocycles. The first-order chi connectivity index (χ1) is 16.2. The minimum atomic E-state index is -0.744. The molecule has 0 bridgehead atoms. The van der Waals surface area contributed by atoms with Crippen molar-refractivity contribution >= 4 is 74.2 Å². The van der Waals surface area contributed by atoms with Crippen LogP contribution in [0.25, 0.3) is 0 Å². The molecule has 34 heavy (non-hydrogen) atoms. The van der Waals surface area contributed by atoms with Crippen LogP contribution in [-0.2, 0) is 8.86 Å². The fourth-order valence-corrected chi connectivity index (χ4v) is 4.12. The lowest BCUT2D eigenvalue weighted by atomic mass is 10.1. The molecule has 0 unspecified atom stereocenters. The van der Waals surface area contributed by atoms with Crippen molar-refractivity contribution < 1.29 is 14.0 Å². The molecule has 0 spiro atoms. The third-order valence-corrected chi connectivity index (χ3v) is 6.79. The Balaban J connectivity index is 1.86. The summed E-state index contributed by atoms with van der Waals surface area (Å²) >= 11 is 4.47. The van der Waals surface area contributed by atoms with E-state index in [1.165, 1.54) is 12.1 Å². The predicted molar refractivity (Wildman–Crippen MR) is 151 cm³/mol. The van der Waals surface area contributed by atoms with Crippen LogP contribution in [0.15, 0.2) is 60.7 Å². The number of hydrogen-bond acceptors (Lipinski definition) is 3. The van der Waals surface area contributed by atoms with Crippen LogP contribution in [0.1, 0.15) is 37.4 Å². The van der Waals surface area contributed by atoms with Crippen LogP contribution in [0.3, 0.4) is 0 Å². The van der Waals surface area contributed by atoms with Crippen LogP contribution in [0.5, 0.6) is 0 Å². The van der Waals surface area contributed by atoms with Crippen LogP contribution in [0.2, 0.25) is 0 Å². The molecule has 0 aromatic heterocycles. The van der Waals surface area contributed by atoms with E-state index in [2.05, 4.69) is 55.8 Å². The quantitative estimate of drug-likeness (QED) is 0.122. The maximum absolute atomic E-state index is 14.7. The molecule has 3 N–H and O–H groups in total. The number of carbonyl (C=O) groups is 2. The molecular weight excluding hydrogens is 661 g/mol. The number of rotatable bonds is 7. The van der Waals surface area contributed by atoms with Crippen LogP contribution in [0, 0.1) is 11.2 Å². The Morgan fingerprint density at radius 3 is 2.06 bits per heavy atom. The molecule has 3 rings (SSSR count). The number of amides is 2. The lowest BCUT2D eigenvalue weighted by Gasteiger charge is -2.15. The number of nitrogens with zero attached hydrogens (tertiary/aromatic N) is 1. The van der Waals surface area contributed by atoms with Gasteiger partial charge in [-0.15, -0.1) is 0 Å². The molecule has 3 aromatic rings. The van der Waals surface area contributed by atoms with Gasteiger partial charge in [0.15, 0.2) is 0 Å². The summed E-state index contributed by atoms with van der Waals surface area (Å²) in [4.78, 5) is 27.5. The van der Waals surface area contributed by atoms with E-state index in [0.717, 1.165) is 21.6 Å². The Hall–Kier alpha value is -2.54. The first-order valence-electron chi connectivity index (χ1n) is 10.3. The minimum Gasteiger partial charge on any atom is -0.363 e. The fraction of sp³-hybridized carbons (Fsp3) is 0.160. The van der Waals surface area contributed by atoms with Gasteiger partial charge in [0, 0.05) is 34.2 Å². The van der Waals surface area contributed by atoms with Gasteiger partial charge in [-0.05, 0) is 47.5 Å². The molecule has 0 saturated heterocycles. The average molecular weight is 684 g/mol. The van der Waals surface area contributed by atoms with Gasteiger partial charge in [-0.2, -0.15) is 0 Å². The van der Waals surface area contributed by atoms with Crippen molar-refractivity contribution in [3.63, 3.8) is 0 Å². The minimum absolute atomic E-state index is 0.130. The summed E-state index contributed by atoms with van der Waals surface area (Å²) < 4.78 is 16.3. The Morgan fingerprint density at radius 1 is 0.853 bits per heavy atom. The van der Waals surface area contributed by atoms with Gasteiger partial charge in [0.1, 0.15) is 11.7 Å². The first kappa shape index (κ1) is 26.1. The van der Waals surface area contributed by atoms with Gasteiger partial charge in [-0.3, -0.25) is 15.0 Å². The van der Waals surface area contributed by atoms with Gasteiger partial charge in [0.25, 0.3) is 11.8 Å². The van der Waals surface area contributed by atoms with Crippen LogP contribution >= 0.6 is 45.2 Å². The van der Waals surface area contributed by atoms with E-state index in [0.29, 0.717) is 15.7 Å². The van der Waals surface area contributed by atoms with Crippen molar-refractivity contribution in [3.8, 4) is 0 Å². The highest BCUT2D eigenvalue weighted by Crippen LogP contribution is 2.23. The summed E-state index contributed by atoms with van der Waals surface area (Å²) in [6.45, 7) is 0. The Bertz CT molecular complexity index is 1230. The third kappa shape index (κ3) is 6.32. The van der Waals surface area contributed by atoms with Crippen LogP contribution in [-0.4, -0.2) is 36.6 Å². The summed E-state index contributed by atoms with van der Waals surface area (Å²) in [5, 5.41) is 13.5. The van der Waals surface area contributed by atoms with Gasteiger partial charge < -0.3 is 15.5 Å². The fourth-order valence-electron chi connectivity index (χ4n) is 3.14. The number of amidine groups is 1. The maximum atomic E-state index is 14.7. The van der Waals surface area contributed by atoms with Gasteiger partial charge in [0.05, 0.1) is 16.8 Å². The Labute approximate surface area is 225 Å². The maximum Gasteiger partial charge on any atom is 0.258 e. The number of hydrogen-bond donors (Lipinski definition) is 3. The molecule has 176 valence electrons. The summed E-state index contributed by atoms with van der Waals surface area (Å²) in [7, 11) is 3.37. The van der Waals surface area contributed by atoms with E-state index in [9.17, 15) is 14.0 Å². The zero-order valence-electron chi connectivity index (χ0n) is 18.6. The highest BCUT2D eigenvalue weighted by Gasteiger charge is 2.19. The number of nitrogens with one attached hydrogen (secondary N) is 3. The van der Waals surface area contributed by atoms with E-state index in [1.54, 1.807) is 31.1 Å². The number of alkyl halides is 2. The SMILES string of the molecule is CN(C)C(=N)c1ccc(C(=O)Nc2ccc(CI)cc2C(=O)Nc2ccc(CI)cc2)c(F)c1. The monoisotopic (exact) mass is 684 g/mol. The van der Waals surface area contributed by atoms with E-state index in [-0.39, 0.29) is 28.6 Å². The smallest absolute Gasteiger partial charge is 0.258 e. The molecule has 0 aliphatic heterocycles. The van der Waals surface area contributed by atoms with Gasteiger partial charge in [-0.25, -0.2) is 4.39 Å². The zero-order chi connectivity index (χ0) is 24.8. The molecule has 0 aliphatic rings. The largest absolute Gasteiger partial charge is 0.363 e. The van der Waals surface area contributed by atoms with Gasteiger partial charge in [0.2, 0.25) is 0 Å². The highest BCUT2D eigenvalue weighted by molar-refractivity contribution is 14.1.